The SMILES string of the molecule is CC#Cc1cc(C(O[SiH2]C(C)(C)C)(c2ccccc2)c2ccccc2)ccn1. The summed E-state index contributed by atoms with van der Waals surface area (Å²) in [6.45, 7) is 8.58. The zero-order valence-corrected chi connectivity index (χ0v) is 18.5. The van der Waals surface area contributed by atoms with Crippen LogP contribution in [0.5, 0.6) is 0 Å². The molecule has 0 bridgehead atoms. The average molecular weight is 386 g/mol. The van der Waals surface area contributed by atoms with Crippen LogP contribution in [0, 0.1) is 11.8 Å². The van der Waals surface area contributed by atoms with Crippen LogP contribution < -0.4 is 0 Å². The molecular weight excluding hydrogens is 358 g/mol. The van der Waals surface area contributed by atoms with Crippen LogP contribution in [0.25, 0.3) is 0 Å². The topological polar surface area (TPSA) is 22.1 Å². The summed E-state index contributed by atoms with van der Waals surface area (Å²) in [6, 6.07) is 25.1. The number of aromatic nitrogens is 1. The maximum absolute atomic E-state index is 6.95. The molecule has 0 saturated carbocycles. The molecule has 1 heterocycles. The van der Waals surface area contributed by atoms with Crippen molar-refractivity contribution in [1.82, 2.24) is 4.98 Å². The van der Waals surface area contributed by atoms with Gasteiger partial charge in [-0.15, -0.1) is 0 Å². The van der Waals surface area contributed by atoms with Crippen LogP contribution in [0.15, 0.2) is 79.0 Å². The Morgan fingerprint density at radius 1 is 0.821 bits per heavy atom. The highest BCUT2D eigenvalue weighted by Crippen LogP contribution is 2.41. The second kappa shape index (κ2) is 8.56. The van der Waals surface area contributed by atoms with E-state index in [0.29, 0.717) is 0 Å². The largest absolute Gasteiger partial charge is 0.406 e. The number of rotatable bonds is 5. The summed E-state index contributed by atoms with van der Waals surface area (Å²) in [7, 11) is -0.866. The smallest absolute Gasteiger partial charge is 0.169 e. The fourth-order valence-electron chi connectivity index (χ4n) is 3.27. The molecule has 0 fully saturated rings. The predicted octanol–water partition coefficient (Wildman–Crippen LogP) is 5.06. The van der Waals surface area contributed by atoms with Crippen LogP contribution in [-0.4, -0.2) is 14.7 Å². The normalized spacial score (nSPS) is 12.0. The second-order valence-corrected chi connectivity index (χ2v) is 10.8. The first-order valence-electron chi connectivity index (χ1n) is 9.60. The van der Waals surface area contributed by atoms with Crippen molar-refractivity contribution in [3.05, 3.63) is 101 Å². The van der Waals surface area contributed by atoms with Crippen molar-refractivity contribution < 1.29 is 4.43 Å². The fourth-order valence-corrected chi connectivity index (χ4v) is 4.42. The van der Waals surface area contributed by atoms with Crippen LogP contribution in [-0.2, 0) is 10.0 Å². The number of hydrogen-bond donors (Lipinski definition) is 0. The lowest BCUT2D eigenvalue weighted by Gasteiger charge is -2.38. The van der Waals surface area contributed by atoms with Crippen molar-refractivity contribution >= 4 is 9.76 Å². The summed E-state index contributed by atoms with van der Waals surface area (Å²) < 4.78 is 6.95. The first-order valence-corrected chi connectivity index (χ1v) is 10.9. The lowest BCUT2D eigenvalue weighted by atomic mass is 9.80. The lowest BCUT2D eigenvalue weighted by Crippen LogP contribution is -2.36. The van der Waals surface area contributed by atoms with Crippen LogP contribution in [0.3, 0.4) is 0 Å². The Morgan fingerprint density at radius 3 is 1.89 bits per heavy atom. The molecule has 0 spiro atoms. The number of pyridine rings is 1. The molecule has 142 valence electrons. The third-order valence-electron chi connectivity index (χ3n) is 4.50. The van der Waals surface area contributed by atoms with E-state index in [1.165, 1.54) is 0 Å². The molecular formula is C25H27NOSi. The molecule has 0 aliphatic heterocycles. The van der Waals surface area contributed by atoms with Gasteiger partial charge in [-0.1, -0.05) is 87.4 Å². The van der Waals surface area contributed by atoms with Crippen LogP contribution in [0.1, 0.15) is 50.1 Å². The van der Waals surface area contributed by atoms with E-state index in [1.54, 1.807) is 0 Å². The second-order valence-electron chi connectivity index (χ2n) is 8.07. The molecule has 0 unspecified atom stereocenters. The molecule has 28 heavy (non-hydrogen) atoms. The Labute approximate surface area is 170 Å². The van der Waals surface area contributed by atoms with Gasteiger partial charge < -0.3 is 4.43 Å². The van der Waals surface area contributed by atoms with E-state index in [0.717, 1.165) is 22.4 Å². The summed E-state index contributed by atoms with van der Waals surface area (Å²) >= 11 is 0. The number of hydrogen-bond acceptors (Lipinski definition) is 2. The van der Waals surface area contributed by atoms with Gasteiger partial charge in [0, 0.05) is 6.20 Å². The zero-order valence-electron chi connectivity index (χ0n) is 17.1. The molecule has 0 atom stereocenters. The van der Waals surface area contributed by atoms with E-state index in [4.69, 9.17) is 4.43 Å². The van der Waals surface area contributed by atoms with E-state index in [2.05, 4.69) is 98.3 Å². The maximum atomic E-state index is 6.95. The lowest BCUT2D eigenvalue weighted by molar-refractivity contribution is 0.156. The van der Waals surface area contributed by atoms with Crippen molar-refractivity contribution in [2.24, 2.45) is 0 Å². The van der Waals surface area contributed by atoms with E-state index in [9.17, 15) is 0 Å². The van der Waals surface area contributed by atoms with Gasteiger partial charge in [0.25, 0.3) is 0 Å². The molecule has 0 aliphatic carbocycles. The zero-order chi connectivity index (χ0) is 20.0. The summed E-state index contributed by atoms with van der Waals surface area (Å²) in [5, 5.41) is 0.161. The molecule has 3 rings (SSSR count). The highest BCUT2D eigenvalue weighted by molar-refractivity contribution is 6.32. The van der Waals surface area contributed by atoms with Gasteiger partial charge in [0.1, 0.15) is 11.3 Å². The molecule has 2 nitrogen and oxygen atoms in total. The van der Waals surface area contributed by atoms with Crippen molar-refractivity contribution in [2.45, 2.75) is 38.3 Å². The minimum absolute atomic E-state index is 0.161. The van der Waals surface area contributed by atoms with Gasteiger partial charge in [-0.3, -0.25) is 0 Å². The maximum Gasteiger partial charge on any atom is 0.169 e. The van der Waals surface area contributed by atoms with Gasteiger partial charge in [-0.05, 0) is 46.7 Å². The minimum Gasteiger partial charge on any atom is -0.406 e. The monoisotopic (exact) mass is 385 g/mol. The summed E-state index contributed by atoms with van der Waals surface area (Å²) in [4.78, 5) is 4.42. The van der Waals surface area contributed by atoms with E-state index in [1.807, 2.05) is 25.3 Å². The Hall–Kier alpha value is -2.67. The van der Waals surface area contributed by atoms with E-state index >= 15 is 0 Å². The summed E-state index contributed by atoms with van der Waals surface area (Å²) in [5.41, 5.74) is 3.40. The molecule has 0 radical (unpaired) electrons. The van der Waals surface area contributed by atoms with Crippen molar-refractivity contribution in [3.8, 4) is 11.8 Å². The Morgan fingerprint density at radius 2 is 1.39 bits per heavy atom. The molecule has 2 aromatic carbocycles. The third kappa shape index (κ3) is 4.41. The Balaban J connectivity index is 2.29. The number of nitrogens with zero attached hydrogens (tertiary/aromatic N) is 1. The molecule has 0 saturated heterocycles. The van der Waals surface area contributed by atoms with E-state index < -0.39 is 15.4 Å². The van der Waals surface area contributed by atoms with Crippen molar-refractivity contribution in [3.63, 3.8) is 0 Å². The molecule has 0 amide bonds. The van der Waals surface area contributed by atoms with Crippen LogP contribution in [0.4, 0.5) is 0 Å². The molecule has 3 heteroatoms. The van der Waals surface area contributed by atoms with Crippen LogP contribution >= 0.6 is 0 Å². The van der Waals surface area contributed by atoms with Gasteiger partial charge in [0.15, 0.2) is 9.76 Å². The van der Waals surface area contributed by atoms with Crippen molar-refractivity contribution in [2.75, 3.05) is 0 Å². The molecule has 3 aromatic rings. The van der Waals surface area contributed by atoms with Gasteiger partial charge in [0.2, 0.25) is 0 Å². The molecule has 0 N–H and O–H groups in total. The van der Waals surface area contributed by atoms with Crippen LogP contribution in [0.2, 0.25) is 5.04 Å². The average Bonchev–Trinajstić information content (AvgIpc) is 2.70. The third-order valence-corrected chi connectivity index (χ3v) is 5.95. The summed E-state index contributed by atoms with van der Waals surface area (Å²) in [5.74, 6) is 6.04. The first kappa shape index (κ1) is 20.1. The fraction of sp³-hybridized carbons (Fsp3) is 0.240. The predicted molar refractivity (Wildman–Crippen MR) is 119 cm³/mol. The minimum atomic E-state index is -0.866. The van der Waals surface area contributed by atoms with E-state index in [-0.39, 0.29) is 5.04 Å². The first-order chi connectivity index (χ1) is 13.5. The Kier molecular flexibility index (Phi) is 6.14. The number of benzene rings is 2. The van der Waals surface area contributed by atoms with Crippen molar-refractivity contribution in [1.29, 1.82) is 0 Å². The van der Waals surface area contributed by atoms with Gasteiger partial charge in [0.05, 0.1) is 0 Å². The highest BCUT2D eigenvalue weighted by atomic mass is 28.2. The quantitative estimate of drug-likeness (QED) is 0.452. The van der Waals surface area contributed by atoms with Gasteiger partial charge in [-0.25, -0.2) is 4.98 Å². The highest BCUT2D eigenvalue weighted by Gasteiger charge is 2.38. The molecule has 1 aromatic heterocycles. The van der Waals surface area contributed by atoms with Gasteiger partial charge in [-0.2, -0.15) is 0 Å². The Bertz CT molecular complexity index is 926. The molecule has 0 aliphatic rings. The van der Waals surface area contributed by atoms with Gasteiger partial charge >= 0.3 is 0 Å². The summed E-state index contributed by atoms with van der Waals surface area (Å²) in [6.07, 6.45) is 1.83. The standard InChI is InChI=1S/C25H27NOSi/c1-5-12-23-19-22(17-18-26-23)25(27-28-24(2,3)4,20-13-8-6-9-14-20)21-15-10-7-11-16-21/h6-11,13-19H,28H2,1-4H3.